The lowest BCUT2D eigenvalue weighted by molar-refractivity contribution is 0.627. The first kappa shape index (κ1) is 12.3. The fourth-order valence-corrected chi connectivity index (χ4v) is 2.36. The van der Waals surface area contributed by atoms with Crippen molar-refractivity contribution in [3.05, 3.63) is 71.0 Å². The summed E-state index contributed by atoms with van der Waals surface area (Å²) >= 11 is 3.64. The molecule has 0 nitrogen and oxygen atoms in total. The van der Waals surface area contributed by atoms with Crippen LogP contribution in [-0.4, -0.2) is 0 Å². The minimum Gasteiger partial charge on any atom is -0.207 e. The third-order valence-corrected chi connectivity index (χ3v) is 3.90. The van der Waals surface area contributed by atoms with Crippen molar-refractivity contribution in [2.45, 2.75) is 18.2 Å². The molecule has 88 valence electrons. The molecule has 0 fully saturated rings. The van der Waals surface area contributed by atoms with E-state index in [-0.39, 0.29) is 10.6 Å². The first-order chi connectivity index (χ1) is 8.20. The lowest BCUT2D eigenvalue weighted by atomic mass is 10.0. The van der Waals surface area contributed by atoms with Crippen molar-refractivity contribution in [1.82, 2.24) is 0 Å². The molecular weight excluding hydrogens is 279 g/mol. The molecule has 0 saturated heterocycles. The van der Waals surface area contributed by atoms with Gasteiger partial charge in [-0.3, -0.25) is 0 Å². The number of aryl methyl sites for hydroxylation is 1. The van der Waals surface area contributed by atoms with Gasteiger partial charge in [0.2, 0.25) is 0 Å². The van der Waals surface area contributed by atoms with E-state index in [9.17, 15) is 4.39 Å². The van der Waals surface area contributed by atoms with Gasteiger partial charge in [0.25, 0.3) is 0 Å². The average Bonchev–Trinajstić information content (AvgIpc) is 2.39. The third kappa shape index (κ3) is 2.95. The number of benzene rings is 2. The molecule has 0 aromatic heterocycles. The average molecular weight is 293 g/mol. The molecule has 2 aromatic rings. The maximum Gasteiger partial charge on any atom is 0.123 e. The van der Waals surface area contributed by atoms with E-state index in [0.717, 1.165) is 12.0 Å². The number of hydrogen-bond donors (Lipinski definition) is 0. The molecule has 0 N–H and O–H groups in total. The Bertz CT molecular complexity index is 473. The van der Waals surface area contributed by atoms with Crippen molar-refractivity contribution >= 4 is 15.9 Å². The SMILES string of the molecule is CCc1ccc(C(Br)c2ccc(F)cc2)cc1. The molecule has 0 aliphatic rings. The number of alkyl halides is 1. The van der Waals surface area contributed by atoms with Gasteiger partial charge in [-0.05, 0) is 35.2 Å². The van der Waals surface area contributed by atoms with Crippen molar-refractivity contribution < 1.29 is 4.39 Å². The number of halogens is 2. The minimum atomic E-state index is -0.199. The highest BCUT2D eigenvalue weighted by Gasteiger charge is 2.09. The molecule has 17 heavy (non-hydrogen) atoms. The van der Waals surface area contributed by atoms with Crippen molar-refractivity contribution in [2.75, 3.05) is 0 Å². The van der Waals surface area contributed by atoms with E-state index in [0.29, 0.717) is 0 Å². The Morgan fingerprint density at radius 3 is 1.88 bits per heavy atom. The van der Waals surface area contributed by atoms with Crippen molar-refractivity contribution in [2.24, 2.45) is 0 Å². The van der Waals surface area contributed by atoms with Gasteiger partial charge in [-0.1, -0.05) is 59.3 Å². The summed E-state index contributed by atoms with van der Waals surface area (Å²) in [4.78, 5) is 0.119. The zero-order valence-electron chi connectivity index (χ0n) is 9.66. The second-order valence-electron chi connectivity index (χ2n) is 4.01. The predicted molar refractivity (Wildman–Crippen MR) is 73.0 cm³/mol. The summed E-state index contributed by atoms with van der Waals surface area (Å²) in [6.07, 6.45) is 1.05. The van der Waals surface area contributed by atoms with Crippen LogP contribution in [0.15, 0.2) is 48.5 Å². The molecule has 0 heterocycles. The van der Waals surface area contributed by atoms with Gasteiger partial charge in [0, 0.05) is 0 Å². The van der Waals surface area contributed by atoms with Crippen LogP contribution >= 0.6 is 15.9 Å². The maximum atomic E-state index is 12.8. The summed E-state index contributed by atoms with van der Waals surface area (Å²) in [6.45, 7) is 2.14. The molecule has 0 aliphatic carbocycles. The smallest absolute Gasteiger partial charge is 0.123 e. The van der Waals surface area contributed by atoms with E-state index in [1.165, 1.54) is 23.3 Å². The lowest BCUT2D eigenvalue weighted by Crippen LogP contribution is -1.93. The van der Waals surface area contributed by atoms with E-state index in [2.05, 4.69) is 47.1 Å². The summed E-state index contributed by atoms with van der Waals surface area (Å²) in [7, 11) is 0. The van der Waals surface area contributed by atoms with E-state index in [4.69, 9.17) is 0 Å². The summed E-state index contributed by atoms with van der Waals surface area (Å²) < 4.78 is 12.8. The van der Waals surface area contributed by atoms with Gasteiger partial charge in [-0.25, -0.2) is 4.39 Å². The van der Waals surface area contributed by atoms with Gasteiger partial charge >= 0.3 is 0 Å². The molecule has 1 unspecified atom stereocenters. The van der Waals surface area contributed by atoms with Crippen LogP contribution in [0.4, 0.5) is 4.39 Å². The van der Waals surface area contributed by atoms with E-state index in [1.807, 2.05) is 12.1 Å². The molecule has 0 radical (unpaired) electrons. The highest BCUT2D eigenvalue weighted by molar-refractivity contribution is 9.09. The molecule has 0 aliphatic heterocycles. The van der Waals surface area contributed by atoms with E-state index < -0.39 is 0 Å². The van der Waals surface area contributed by atoms with Crippen molar-refractivity contribution in [1.29, 1.82) is 0 Å². The van der Waals surface area contributed by atoms with Crippen LogP contribution in [0.1, 0.15) is 28.4 Å². The molecule has 1 atom stereocenters. The van der Waals surface area contributed by atoms with Crippen molar-refractivity contribution in [3.63, 3.8) is 0 Å². The fourth-order valence-electron chi connectivity index (χ4n) is 1.75. The van der Waals surface area contributed by atoms with Crippen LogP contribution in [0, 0.1) is 5.82 Å². The van der Waals surface area contributed by atoms with Crippen LogP contribution < -0.4 is 0 Å². The Morgan fingerprint density at radius 1 is 0.941 bits per heavy atom. The van der Waals surface area contributed by atoms with Crippen LogP contribution in [0.5, 0.6) is 0 Å². The second kappa shape index (κ2) is 5.46. The monoisotopic (exact) mass is 292 g/mol. The largest absolute Gasteiger partial charge is 0.207 e. The zero-order valence-corrected chi connectivity index (χ0v) is 11.2. The second-order valence-corrected chi connectivity index (χ2v) is 4.92. The summed E-state index contributed by atoms with van der Waals surface area (Å²) in [5.74, 6) is -0.199. The Morgan fingerprint density at radius 2 is 1.41 bits per heavy atom. The maximum absolute atomic E-state index is 12.8. The normalized spacial score (nSPS) is 12.4. The summed E-state index contributed by atoms with van der Waals surface area (Å²) in [5, 5.41) is 0. The molecule has 2 heteroatoms. The van der Waals surface area contributed by atoms with Crippen LogP contribution in [0.2, 0.25) is 0 Å². The molecular formula is C15H14BrF. The van der Waals surface area contributed by atoms with Gasteiger partial charge in [-0.2, -0.15) is 0 Å². The highest BCUT2D eigenvalue weighted by Crippen LogP contribution is 2.30. The Labute approximate surface area is 110 Å². The Balaban J connectivity index is 2.23. The van der Waals surface area contributed by atoms with Crippen molar-refractivity contribution in [3.8, 4) is 0 Å². The van der Waals surface area contributed by atoms with Gasteiger partial charge < -0.3 is 0 Å². The first-order valence-corrected chi connectivity index (χ1v) is 6.60. The standard InChI is InChI=1S/C15H14BrF/c1-2-11-3-5-12(6-4-11)15(16)13-7-9-14(17)10-8-13/h3-10,15H,2H2,1H3. The van der Waals surface area contributed by atoms with Gasteiger partial charge in [0.05, 0.1) is 4.83 Å². The van der Waals surface area contributed by atoms with Gasteiger partial charge in [0.1, 0.15) is 5.82 Å². The summed E-state index contributed by atoms with van der Waals surface area (Å²) in [5.41, 5.74) is 3.58. The van der Waals surface area contributed by atoms with Crippen LogP contribution in [0.3, 0.4) is 0 Å². The predicted octanol–water partition coefficient (Wildman–Crippen LogP) is 4.87. The van der Waals surface area contributed by atoms with Crippen LogP contribution in [0.25, 0.3) is 0 Å². The molecule has 0 spiro atoms. The molecule has 0 saturated carbocycles. The number of hydrogen-bond acceptors (Lipinski definition) is 0. The number of rotatable bonds is 3. The quantitative estimate of drug-likeness (QED) is 0.708. The molecule has 0 bridgehead atoms. The lowest BCUT2D eigenvalue weighted by Gasteiger charge is -2.11. The fraction of sp³-hybridized carbons (Fsp3) is 0.200. The topological polar surface area (TPSA) is 0 Å². The zero-order chi connectivity index (χ0) is 12.3. The van der Waals surface area contributed by atoms with Gasteiger partial charge in [0.15, 0.2) is 0 Å². The molecule has 2 aromatic carbocycles. The first-order valence-electron chi connectivity index (χ1n) is 5.69. The third-order valence-electron chi connectivity index (χ3n) is 2.84. The molecule has 2 rings (SSSR count). The Hall–Kier alpha value is -1.15. The van der Waals surface area contributed by atoms with Gasteiger partial charge in [-0.15, -0.1) is 0 Å². The minimum absolute atomic E-state index is 0.119. The van der Waals surface area contributed by atoms with Crippen LogP contribution in [-0.2, 0) is 6.42 Å². The molecule has 0 amide bonds. The summed E-state index contributed by atoms with van der Waals surface area (Å²) in [6, 6.07) is 15.1. The van der Waals surface area contributed by atoms with E-state index >= 15 is 0 Å². The highest BCUT2D eigenvalue weighted by atomic mass is 79.9. The van der Waals surface area contributed by atoms with E-state index in [1.54, 1.807) is 0 Å². The Kier molecular flexibility index (Phi) is 3.95.